The topological polar surface area (TPSA) is 9.23 Å². The number of hydrogen-bond donors (Lipinski definition) is 1. The van der Waals surface area contributed by atoms with Gasteiger partial charge in [-0.25, -0.2) is 0 Å². The maximum Gasteiger partial charge on any atom is 0.119 e. The minimum absolute atomic E-state index is 0.276. The van der Waals surface area contributed by atoms with Crippen LogP contribution < -0.4 is 4.74 Å². The largest absolute Gasteiger partial charge is 0.497 e. The zero-order valence-electron chi connectivity index (χ0n) is 12.3. The van der Waals surface area contributed by atoms with E-state index in [-0.39, 0.29) is 10.8 Å². The Morgan fingerprint density at radius 1 is 1.11 bits per heavy atom. The lowest BCUT2D eigenvalue weighted by Gasteiger charge is -2.34. The molecule has 0 amide bonds. The Morgan fingerprint density at radius 2 is 1.78 bits per heavy atom. The van der Waals surface area contributed by atoms with Crippen LogP contribution in [-0.2, 0) is 6.42 Å². The zero-order chi connectivity index (χ0) is 13.8. The summed E-state index contributed by atoms with van der Waals surface area (Å²) in [7, 11) is 1.72. The summed E-state index contributed by atoms with van der Waals surface area (Å²) in [5, 5.41) is 0. The molecule has 0 saturated heterocycles. The number of methoxy groups -OCH3 is 1. The Kier molecular flexibility index (Phi) is 5.15. The Morgan fingerprint density at radius 3 is 2.33 bits per heavy atom. The van der Waals surface area contributed by atoms with E-state index in [1.807, 2.05) is 6.07 Å². The third kappa shape index (κ3) is 4.93. The van der Waals surface area contributed by atoms with Crippen molar-refractivity contribution in [3.63, 3.8) is 0 Å². The van der Waals surface area contributed by atoms with E-state index in [1.54, 1.807) is 7.11 Å². The molecule has 0 saturated carbocycles. The molecule has 1 rings (SSSR count). The second-order valence-corrected chi connectivity index (χ2v) is 7.01. The predicted molar refractivity (Wildman–Crippen MR) is 82.7 cm³/mol. The van der Waals surface area contributed by atoms with Gasteiger partial charge in [-0.2, -0.15) is 12.6 Å². The molecule has 0 atom stereocenters. The average Bonchev–Trinajstić information content (AvgIpc) is 2.27. The highest BCUT2D eigenvalue weighted by Crippen LogP contribution is 2.37. The van der Waals surface area contributed by atoms with Gasteiger partial charge in [-0.15, -0.1) is 0 Å². The summed E-state index contributed by atoms with van der Waals surface area (Å²) in [6.07, 6.45) is 2.24. The van der Waals surface area contributed by atoms with E-state index in [2.05, 4.69) is 58.5 Å². The Balaban J connectivity index is 2.75. The molecule has 1 aromatic carbocycles. The Bertz CT molecular complexity index is 382. The van der Waals surface area contributed by atoms with Crippen LogP contribution in [0, 0.1) is 10.8 Å². The van der Waals surface area contributed by atoms with Crippen molar-refractivity contribution in [2.45, 2.75) is 40.5 Å². The summed E-state index contributed by atoms with van der Waals surface area (Å²) >= 11 is 4.45. The summed E-state index contributed by atoms with van der Waals surface area (Å²) in [6.45, 7) is 9.23. The number of hydrogen-bond acceptors (Lipinski definition) is 2. The molecule has 0 unspecified atom stereocenters. The van der Waals surface area contributed by atoms with Crippen molar-refractivity contribution in [2.75, 3.05) is 12.9 Å². The standard InChI is InChI=1S/C16H26OS/c1-15(2,11-16(3,4)12-18)10-13-7-6-8-14(9-13)17-5/h6-9,18H,10-12H2,1-5H3. The smallest absolute Gasteiger partial charge is 0.119 e. The van der Waals surface area contributed by atoms with Gasteiger partial charge in [0.05, 0.1) is 7.11 Å². The summed E-state index contributed by atoms with van der Waals surface area (Å²) in [5.74, 6) is 1.87. The van der Waals surface area contributed by atoms with E-state index in [0.29, 0.717) is 0 Å². The minimum atomic E-state index is 0.276. The maximum atomic E-state index is 5.28. The normalized spacial score (nSPS) is 12.6. The van der Waals surface area contributed by atoms with Gasteiger partial charge in [0, 0.05) is 0 Å². The fraction of sp³-hybridized carbons (Fsp3) is 0.625. The van der Waals surface area contributed by atoms with Crippen molar-refractivity contribution >= 4 is 12.6 Å². The molecule has 0 radical (unpaired) electrons. The Hall–Kier alpha value is -0.630. The molecule has 1 nitrogen and oxygen atoms in total. The van der Waals surface area contributed by atoms with E-state index < -0.39 is 0 Å². The van der Waals surface area contributed by atoms with Crippen LogP contribution in [0.3, 0.4) is 0 Å². The van der Waals surface area contributed by atoms with Crippen LogP contribution in [0.1, 0.15) is 39.7 Å². The molecule has 0 aliphatic heterocycles. The van der Waals surface area contributed by atoms with Gasteiger partial charge >= 0.3 is 0 Å². The summed E-state index contributed by atoms with van der Waals surface area (Å²) in [6, 6.07) is 8.37. The van der Waals surface area contributed by atoms with Crippen LogP contribution in [0.2, 0.25) is 0 Å². The lowest BCUT2D eigenvalue weighted by molar-refractivity contribution is 0.216. The molecule has 1 aromatic rings. The summed E-state index contributed by atoms with van der Waals surface area (Å²) in [4.78, 5) is 0. The minimum Gasteiger partial charge on any atom is -0.497 e. The van der Waals surface area contributed by atoms with Crippen LogP contribution in [0.15, 0.2) is 24.3 Å². The van der Waals surface area contributed by atoms with Crippen molar-refractivity contribution in [2.24, 2.45) is 10.8 Å². The molecule has 18 heavy (non-hydrogen) atoms. The number of rotatable bonds is 6. The average molecular weight is 266 g/mol. The molecule has 0 fully saturated rings. The SMILES string of the molecule is COc1cccc(CC(C)(C)CC(C)(C)CS)c1. The third-order valence-corrected chi connectivity index (χ3v) is 4.06. The predicted octanol–water partition coefficient (Wildman–Crippen LogP) is 4.61. The van der Waals surface area contributed by atoms with Gasteiger partial charge < -0.3 is 4.74 Å². The highest BCUT2D eigenvalue weighted by Gasteiger charge is 2.28. The molecule has 0 aromatic heterocycles. The molecule has 2 heteroatoms. The molecule has 102 valence electrons. The molecular weight excluding hydrogens is 240 g/mol. The lowest BCUT2D eigenvalue weighted by Crippen LogP contribution is -2.26. The highest BCUT2D eigenvalue weighted by atomic mass is 32.1. The van der Waals surface area contributed by atoms with Crippen LogP contribution in [0.5, 0.6) is 5.75 Å². The van der Waals surface area contributed by atoms with Gasteiger partial charge in [0.15, 0.2) is 0 Å². The third-order valence-electron chi connectivity index (χ3n) is 3.20. The number of benzene rings is 1. The summed E-state index contributed by atoms with van der Waals surface area (Å²) < 4.78 is 5.28. The van der Waals surface area contributed by atoms with Crippen LogP contribution in [0.25, 0.3) is 0 Å². The fourth-order valence-electron chi connectivity index (χ4n) is 2.75. The van der Waals surface area contributed by atoms with E-state index >= 15 is 0 Å². The molecule has 0 aliphatic rings. The maximum absolute atomic E-state index is 5.28. The summed E-state index contributed by atoms with van der Waals surface area (Å²) in [5.41, 5.74) is 1.90. The first-order chi connectivity index (χ1) is 8.28. The van der Waals surface area contributed by atoms with Gasteiger partial charge in [0.25, 0.3) is 0 Å². The molecule has 0 N–H and O–H groups in total. The van der Waals surface area contributed by atoms with Crippen molar-refractivity contribution < 1.29 is 4.74 Å². The second-order valence-electron chi connectivity index (χ2n) is 6.69. The molecule has 0 heterocycles. The van der Waals surface area contributed by atoms with Gasteiger partial charge in [0.2, 0.25) is 0 Å². The van der Waals surface area contributed by atoms with Crippen molar-refractivity contribution in [1.82, 2.24) is 0 Å². The number of ether oxygens (including phenoxy) is 1. The van der Waals surface area contributed by atoms with Crippen molar-refractivity contribution in [3.05, 3.63) is 29.8 Å². The molecule has 0 spiro atoms. The molecule has 0 bridgehead atoms. The van der Waals surface area contributed by atoms with Crippen LogP contribution in [-0.4, -0.2) is 12.9 Å². The molecule has 0 aliphatic carbocycles. The van der Waals surface area contributed by atoms with Gasteiger partial charge in [-0.05, 0) is 47.1 Å². The van der Waals surface area contributed by atoms with E-state index in [4.69, 9.17) is 4.74 Å². The van der Waals surface area contributed by atoms with E-state index in [0.717, 1.165) is 17.9 Å². The fourth-order valence-corrected chi connectivity index (χ4v) is 2.86. The van der Waals surface area contributed by atoms with E-state index in [9.17, 15) is 0 Å². The van der Waals surface area contributed by atoms with Crippen LogP contribution in [0.4, 0.5) is 0 Å². The van der Waals surface area contributed by atoms with Crippen molar-refractivity contribution in [3.8, 4) is 5.75 Å². The van der Waals surface area contributed by atoms with E-state index in [1.165, 1.54) is 12.0 Å². The highest BCUT2D eigenvalue weighted by molar-refractivity contribution is 7.80. The Labute approximate surface area is 117 Å². The zero-order valence-corrected chi connectivity index (χ0v) is 13.2. The first-order valence-electron chi connectivity index (χ1n) is 6.52. The quantitative estimate of drug-likeness (QED) is 0.740. The number of thiol groups is 1. The van der Waals surface area contributed by atoms with Gasteiger partial charge in [-0.1, -0.05) is 39.8 Å². The van der Waals surface area contributed by atoms with Gasteiger partial charge in [-0.3, -0.25) is 0 Å². The lowest BCUT2D eigenvalue weighted by atomic mass is 9.73. The van der Waals surface area contributed by atoms with Crippen molar-refractivity contribution in [1.29, 1.82) is 0 Å². The molecular formula is C16H26OS. The second kappa shape index (κ2) is 6.01. The first-order valence-corrected chi connectivity index (χ1v) is 7.15. The van der Waals surface area contributed by atoms with Crippen LogP contribution >= 0.6 is 12.6 Å². The first kappa shape index (κ1) is 15.4. The van der Waals surface area contributed by atoms with Gasteiger partial charge in [0.1, 0.15) is 5.75 Å². The monoisotopic (exact) mass is 266 g/mol.